The van der Waals surface area contributed by atoms with Crippen LogP contribution in [0, 0.1) is 0 Å². The third-order valence-corrected chi connectivity index (χ3v) is 1.55. The number of Topliss-reactive ketones (excluding diaryl/α,β-unsaturated/α-hetero) is 1. The van der Waals surface area contributed by atoms with E-state index in [1.807, 2.05) is 0 Å². The van der Waals surface area contributed by atoms with Gasteiger partial charge in [-0.2, -0.15) is 13.2 Å². The summed E-state index contributed by atoms with van der Waals surface area (Å²) in [6.07, 6.45) is -5.04. The SMILES string of the molecule is O=C(C(Cl)=C(Cl)Cl)C(F)(F)F. The summed E-state index contributed by atoms with van der Waals surface area (Å²) in [7, 11) is 0. The van der Waals surface area contributed by atoms with Gasteiger partial charge in [-0.3, -0.25) is 4.79 Å². The Bertz CT molecular complexity index is 203. The smallest absolute Gasteiger partial charge is 0.283 e. The van der Waals surface area contributed by atoms with E-state index >= 15 is 0 Å². The minimum Gasteiger partial charge on any atom is -0.283 e. The highest BCUT2D eigenvalue weighted by molar-refractivity contribution is 6.62. The Morgan fingerprint density at radius 2 is 1.45 bits per heavy atom. The van der Waals surface area contributed by atoms with Crippen molar-refractivity contribution >= 4 is 40.6 Å². The fraction of sp³-hybridized carbons (Fsp3) is 0.250. The predicted octanol–water partition coefficient (Wildman–Crippen LogP) is 3.00. The molecule has 0 saturated heterocycles. The van der Waals surface area contributed by atoms with Crippen molar-refractivity contribution in [2.45, 2.75) is 6.18 Å². The molecule has 0 radical (unpaired) electrons. The van der Waals surface area contributed by atoms with Crippen molar-refractivity contribution in [1.29, 1.82) is 0 Å². The van der Waals surface area contributed by atoms with Crippen LogP contribution in [0.4, 0.5) is 13.2 Å². The molecule has 7 heteroatoms. The van der Waals surface area contributed by atoms with Crippen LogP contribution in [-0.4, -0.2) is 12.0 Å². The molecule has 64 valence electrons. The minimum absolute atomic E-state index is 0.894. The van der Waals surface area contributed by atoms with Crippen molar-refractivity contribution in [3.63, 3.8) is 0 Å². The molecule has 11 heavy (non-hydrogen) atoms. The molecule has 0 amide bonds. The van der Waals surface area contributed by atoms with E-state index in [-0.39, 0.29) is 0 Å². The molecule has 0 atom stereocenters. The Kier molecular flexibility index (Phi) is 3.67. The number of rotatable bonds is 1. The van der Waals surface area contributed by atoms with Gasteiger partial charge in [-0.25, -0.2) is 0 Å². The normalized spacial score (nSPS) is 11.1. The molecule has 0 fully saturated rings. The molecule has 0 rings (SSSR count). The Labute approximate surface area is 74.7 Å². The number of hydrogen-bond donors (Lipinski definition) is 0. The van der Waals surface area contributed by atoms with Gasteiger partial charge in [-0.1, -0.05) is 34.8 Å². The molecule has 0 aromatic rings. The minimum atomic E-state index is -5.04. The molecule has 1 nitrogen and oxygen atoms in total. The van der Waals surface area contributed by atoms with Crippen LogP contribution in [0.5, 0.6) is 0 Å². The quantitative estimate of drug-likeness (QED) is 0.629. The summed E-state index contributed by atoms with van der Waals surface area (Å²) in [5.41, 5.74) is 0. The maximum absolute atomic E-state index is 11.5. The third-order valence-electron chi connectivity index (χ3n) is 0.623. The van der Waals surface area contributed by atoms with Gasteiger partial charge in [0.2, 0.25) is 0 Å². The van der Waals surface area contributed by atoms with Crippen LogP contribution in [0.3, 0.4) is 0 Å². The monoisotopic (exact) mass is 226 g/mol. The number of carbonyl (C=O) groups excluding carboxylic acids is 1. The highest BCUT2D eigenvalue weighted by Gasteiger charge is 2.41. The van der Waals surface area contributed by atoms with Crippen molar-refractivity contribution in [3.05, 3.63) is 9.52 Å². The first-order chi connectivity index (χ1) is 4.76. The summed E-state index contributed by atoms with van der Waals surface area (Å²) >= 11 is 14.4. The van der Waals surface area contributed by atoms with Gasteiger partial charge in [0.1, 0.15) is 9.52 Å². The van der Waals surface area contributed by atoms with Crippen LogP contribution < -0.4 is 0 Å². The topological polar surface area (TPSA) is 17.1 Å². The summed E-state index contributed by atoms with van der Waals surface area (Å²) in [5.74, 6) is -2.25. The molecule has 0 bridgehead atoms. The Hall–Kier alpha value is 0.0700. The lowest BCUT2D eigenvalue weighted by molar-refractivity contribution is -0.165. The fourth-order valence-corrected chi connectivity index (χ4v) is 0.489. The second kappa shape index (κ2) is 3.65. The predicted molar refractivity (Wildman–Crippen MR) is 35.6 cm³/mol. The van der Waals surface area contributed by atoms with Crippen LogP contribution in [0.2, 0.25) is 0 Å². The van der Waals surface area contributed by atoms with E-state index in [4.69, 9.17) is 34.8 Å². The lowest BCUT2D eigenvalue weighted by Crippen LogP contribution is -2.22. The lowest BCUT2D eigenvalue weighted by atomic mass is 10.4. The van der Waals surface area contributed by atoms with Gasteiger partial charge in [0.25, 0.3) is 5.78 Å². The number of hydrogen-bond acceptors (Lipinski definition) is 1. The zero-order valence-corrected chi connectivity index (χ0v) is 6.94. The second-order valence-electron chi connectivity index (χ2n) is 1.40. The fourth-order valence-electron chi connectivity index (χ4n) is 0.210. The molecule has 0 spiro atoms. The summed E-state index contributed by atoms with van der Waals surface area (Å²) in [4.78, 5) is 10.1. The first-order valence-electron chi connectivity index (χ1n) is 2.09. The van der Waals surface area contributed by atoms with E-state index in [9.17, 15) is 18.0 Å². The summed E-state index contributed by atoms with van der Waals surface area (Å²) in [5, 5.41) is -1.22. The van der Waals surface area contributed by atoms with Crippen molar-refractivity contribution < 1.29 is 18.0 Å². The highest BCUT2D eigenvalue weighted by Crippen LogP contribution is 2.27. The molecule has 0 aliphatic rings. The first-order valence-corrected chi connectivity index (χ1v) is 3.22. The summed E-state index contributed by atoms with van der Waals surface area (Å²) in [6, 6.07) is 0. The zero-order chi connectivity index (χ0) is 9.23. The van der Waals surface area contributed by atoms with E-state index in [1.165, 1.54) is 0 Å². The Morgan fingerprint density at radius 1 is 1.09 bits per heavy atom. The lowest BCUT2D eigenvalue weighted by Gasteiger charge is -2.02. The summed E-state index contributed by atoms with van der Waals surface area (Å²) < 4.78 is 33.5. The molecule has 0 heterocycles. The van der Waals surface area contributed by atoms with Gasteiger partial charge >= 0.3 is 6.18 Å². The van der Waals surface area contributed by atoms with Crippen molar-refractivity contribution in [2.75, 3.05) is 0 Å². The molecular weight excluding hydrogens is 227 g/mol. The first kappa shape index (κ1) is 11.1. The Balaban J connectivity index is 4.67. The van der Waals surface area contributed by atoms with Crippen LogP contribution in [0.15, 0.2) is 9.52 Å². The summed E-state index contributed by atoms with van der Waals surface area (Å²) in [6.45, 7) is 0. The molecular formula is C4Cl3F3O. The molecule has 0 aromatic carbocycles. The maximum Gasteiger partial charge on any atom is 0.455 e. The van der Waals surface area contributed by atoms with Crippen LogP contribution in [0.1, 0.15) is 0 Å². The molecule has 0 aromatic heterocycles. The van der Waals surface area contributed by atoms with Gasteiger partial charge in [0.15, 0.2) is 0 Å². The van der Waals surface area contributed by atoms with Crippen LogP contribution in [-0.2, 0) is 4.79 Å². The van der Waals surface area contributed by atoms with Gasteiger partial charge in [0, 0.05) is 0 Å². The van der Waals surface area contributed by atoms with E-state index in [1.54, 1.807) is 0 Å². The van der Waals surface area contributed by atoms with E-state index in [2.05, 4.69) is 0 Å². The van der Waals surface area contributed by atoms with Crippen molar-refractivity contribution in [1.82, 2.24) is 0 Å². The average molecular weight is 227 g/mol. The van der Waals surface area contributed by atoms with Crippen LogP contribution in [0.25, 0.3) is 0 Å². The van der Waals surface area contributed by atoms with Crippen molar-refractivity contribution in [3.8, 4) is 0 Å². The standard InChI is InChI=1S/C4Cl3F3O/c5-1(3(6)7)2(11)4(8,9)10. The van der Waals surface area contributed by atoms with Crippen molar-refractivity contribution in [2.24, 2.45) is 0 Å². The number of ketones is 1. The third kappa shape index (κ3) is 3.31. The van der Waals surface area contributed by atoms with Crippen LogP contribution >= 0.6 is 34.8 Å². The van der Waals surface area contributed by atoms with Gasteiger partial charge in [-0.05, 0) is 0 Å². The number of alkyl halides is 3. The van der Waals surface area contributed by atoms with Gasteiger partial charge in [0.05, 0.1) is 0 Å². The Morgan fingerprint density at radius 3 is 1.55 bits per heavy atom. The number of halogens is 6. The largest absolute Gasteiger partial charge is 0.455 e. The molecule has 0 unspecified atom stereocenters. The average Bonchev–Trinajstić information content (AvgIpc) is 1.82. The molecule has 0 aliphatic heterocycles. The molecule has 0 aliphatic carbocycles. The maximum atomic E-state index is 11.5. The molecule has 0 saturated carbocycles. The number of carbonyl (C=O) groups is 1. The van der Waals surface area contributed by atoms with Gasteiger partial charge in [-0.15, -0.1) is 0 Å². The molecule has 0 N–H and O–H groups in total. The van der Waals surface area contributed by atoms with E-state index < -0.39 is 21.5 Å². The highest BCUT2D eigenvalue weighted by atomic mass is 35.5. The number of allylic oxidation sites excluding steroid dienone is 1. The van der Waals surface area contributed by atoms with E-state index in [0.717, 1.165) is 0 Å². The van der Waals surface area contributed by atoms with Gasteiger partial charge < -0.3 is 0 Å². The second-order valence-corrected chi connectivity index (χ2v) is 2.73. The zero-order valence-electron chi connectivity index (χ0n) is 4.68. The van der Waals surface area contributed by atoms with E-state index in [0.29, 0.717) is 0 Å².